The van der Waals surface area contributed by atoms with E-state index in [-0.39, 0.29) is 25.2 Å². The number of esters is 1. The number of alkyl halides is 3. The largest absolute Gasteiger partial charge is 0.461 e. The maximum Gasteiger partial charge on any atom is 0.416 e. The molecule has 0 saturated heterocycles. The second-order valence-electron chi connectivity index (χ2n) is 3.82. The van der Waals surface area contributed by atoms with Gasteiger partial charge in [0.2, 0.25) is 0 Å². The number of benzene rings is 1. The van der Waals surface area contributed by atoms with Crippen molar-refractivity contribution in [2.75, 3.05) is 13.2 Å². The van der Waals surface area contributed by atoms with Gasteiger partial charge in [-0.05, 0) is 6.07 Å². The van der Waals surface area contributed by atoms with E-state index in [4.69, 9.17) is 15.9 Å². The lowest BCUT2D eigenvalue weighted by Gasteiger charge is -2.12. The highest BCUT2D eigenvalue weighted by Crippen LogP contribution is 2.32. The summed E-state index contributed by atoms with van der Waals surface area (Å²) in [6, 6.07) is 4.94. The molecule has 0 N–H and O–H groups in total. The Morgan fingerprint density at radius 2 is 2.00 bits per heavy atom. The number of halogens is 3. The minimum absolute atomic E-state index is 0.0597. The maximum absolute atomic E-state index is 12.7. The maximum atomic E-state index is 12.7. The van der Waals surface area contributed by atoms with Crippen LogP contribution in [0.25, 0.3) is 0 Å². The summed E-state index contributed by atoms with van der Waals surface area (Å²) in [6.45, 7) is -0.280. The third-order valence-electron chi connectivity index (χ3n) is 2.35. The van der Waals surface area contributed by atoms with Crippen molar-refractivity contribution in [3.05, 3.63) is 35.4 Å². The SMILES string of the molecule is C#CCOCCC(=O)OCc1ccccc1C(F)(F)F. The highest BCUT2D eigenvalue weighted by molar-refractivity contribution is 5.69. The van der Waals surface area contributed by atoms with Crippen LogP contribution in [0.4, 0.5) is 13.2 Å². The Balaban J connectivity index is 2.50. The van der Waals surface area contributed by atoms with E-state index in [1.54, 1.807) is 0 Å². The Morgan fingerprint density at radius 3 is 2.65 bits per heavy atom. The molecule has 0 aliphatic rings. The highest BCUT2D eigenvalue weighted by atomic mass is 19.4. The molecule has 0 radical (unpaired) electrons. The smallest absolute Gasteiger partial charge is 0.416 e. The van der Waals surface area contributed by atoms with E-state index in [0.717, 1.165) is 6.07 Å². The van der Waals surface area contributed by atoms with Gasteiger partial charge in [0.25, 0.3) is 0 Å². The predicted octanol–water partition coefficient (Wildman–Crippen LogP) is 2.79. The molecule has 1 aromatic carbocycles. The zero-order chi connectivity index (χ0) is 15.0. The summed E-state index contributed by atoms with van der Waals surface area (Å²) in [5.41, 5.74) is -0.894. The molecule has 3 nitrogen and oxygen atoms in total. The van der Waals surface area contributed by atoms with Crippen LogP contribution in [0.3, 0.4) is 0 Å². The topological polar surface area (TPSA) is 35.5 Å². The van der Waals surface area contributed by atoms with Gasteiger partial charge >= 0.3 is 12.1 Å². The zero-order valence-corrected chi connectivity index (χ0v) is 10.6. The molecule has 0 fully saturated rings. The van der Waals surface area contributed by atoms with Gasteiger partial charge in [0.1, 0.15) is 13.2 Å². The molecular formula is C14H13F3O3. The molecule has 0 saturated carbocycles. The van der Waals surface area contributed by atoms with Crippen molar-refractivity contribution >= 4 is 5.97 Å². The molecule has 0 aromatic heterocycles. The fourth-order valence-corrected chi connectivity index (χ4v) is 1.44. The second-order valence-corrected chi connectivity index (χ2v) is 3.82. The Labute approximate surface area is 114 Å². The molecule has 0 amide bonds. The summed E-state index contributed by atoms with van der Waals surface area (Å²) >= 11 is 0. The van der Waals surface area contributed by atoms with Gasteiger partial charge in [-0.1, -0.05) is 24.1 Å². The van der Waals surface area contributed by atoms with Crippen molar-refractivity contribution in [2.45, 2.75) is 19.2 Å². The van der Waals surface area contributed by atoms with E-state index < -0.39 is 24.3 Å². The lowest BCUT2D eigenvalue weighted by molar-refractivity contribution is -0.148. The van der Waals surface area contributed by atoms with Gasteiger partial charge in [0.15, 0.2) is 0 Å². The molecule has 20 heavy (non-hydrogen) atoms. The first-order valence-corrected chi connectivity index (χ1v) is 5.77. The van der Waals surface area contributed by atoms with Gasteiger partial charge in [0, 0.05) is 5.56 Å². The van der Waals surface area contributed by atoms with E-state index in [1.165, 1.54) is 18.2 Å². The van der Waals surface area contributed by atoms with Crippen LogP contribution < -0.4 is 0 Å². The number of carbonyl (C=O) groups is 1. The number of rotatable bonds is 6. The Bertz CT molecular complexity index is 489. The minimum Gasteiger partial charge on any atom is -0.461 e. The number of hydrogen-bond donors (Lipinski definition) is 0. The zero-order valence-electron chi connectivity index (χ0n) is 10.6. The van der Waals surface area contributed by atoms with Crippen LogP contribution in [0.5, 0.6) is 0 Å². The minimum atomic E-state index is -4.47. The average Bonchev–Trinajstić information content (AvgIpc) is 2.40. The van der Waals surface area contributed by atoms with Gasteiger partial charge < -0.3 is 9.47 Å². The molecule has 1 aromatic rings. The predicted molar refractivity (Wildman–Crippen MR) is 65.5 cm³/mol. The summed E-state index contributed by atoms with van der Waals surface area (Å²) in [6.07, 6.45) is 0.407. The number of terminal acetylenes is 1. The lowest BCUT2D eigenvalue weighted by atomic mass is 10.1. The Kier molecular flexibility index (Phi) is 6.07. The highest BCUT2D eigenvalue weighted by Gasteiger charge is 2.33. The van der Waals surface area contributed by atoms with E-state index in [9.17, 15) is 18.0 Å². The van der Waals surface area contributed by atoms with Gasteiger partial charge in [-0.2, -0.15) is 13.2 Å². The number of carbonyl (C=O) groups excluding carboxylic acids is 1. The molecule has 108 valence electrons. The third-order valence-corrected chi connectivity index (χ3v) is 2.35. The third kappa shape index (κ3) is 5.33. The lowest BCUT2D eigenvalue weighted by Crippen LogP contribution is -2.13. The molecule has 0 spiro atoms. The van der Waals surface area contributed by atoms with Crippen LogP contribution >= 0.6 is 0 Å². The Hall–Kier alpha value is -2.00. The molecule has 0 aliphatic heterocycles. The van der Waals surface area contributed by atoms with Crippen LogP contribution in [-0.4, -0.2) is 19.2 Å². The van der Waals surface area contributed by atoms with Crippen LogP contribution in [0.2, 0.25) is 0 Å². The van der Waals surface area contributed by atoms with E-state index >= 15 is 0 Å². The average molecular weight is 286 g/mol. The van der Waals surface area contributed by atoms with E-state index in [0.29, 0.717) is 0 Å². The van der Waals surface area contributed by atoms with Gasteiger partial charge in [-0.3, -0.25) is 4.79 Å². The quantitative estimate of drug-likeness (QED) is 0.458. The van der Waals surface area contributed by atoms with Crippen molar-refractivity contribution in [3.63, 3.8) is 0 Å². The first-order valence-electron chi connectivity index (χ1n) is 5.77. The Morgan fingerprint density at radius 1 is 1.30 bits per heavy atom. The van der Waals surface area contributed by atoms with Crippen molar-refractivity contribution in [2.24, 2.45) is 0 Å². The van der Waals surface area contributed by atoms with E-state index in [2.05, 4.69) is 5.92 Å². The molecule has 0 atom stereocenters. The second kappa shape index (κ2) is 7.56. The molecule has 0 bridgehead atoms. The molecule has 0 unspecified atom stereocenters. The van der Waals surface area contributed by atoms with Gasteiger partial charge in [-0.15, -0.1) is 6.42 Å². The van der Waals surface area contributed by atoms with Crippen molar-refractivity contribution in [1.29, 1.82) is 0 Å². The van der Waals surface area contributed by atoms with Gasteiger partial charge in [0.05, 0.1) is 18.6 Å². The number of ether oxygens (including phenoxy) is 2. The normalized spacial score (nSPS) is 10.9. The van der Waals surface area contributed by atoms with Crippen molar-refractivity contribution in [1.82, 2.24) is 0 Å². The fraction of sp³-hybridized carbons (Fsp3) is 0.357. The molecular weight excluding hydrogens is 273 g/mol. The fourth-order valence-electron chi connectivity index (χ4n) is 1.44. The molecule has 0 heterocycles. The standard InChI is InChI=1S/C14H13F3O3/c1-2-8-19-9-7-13(18)20-10-11-5-3-4-6-12(11)14(15,16)17/h1,3-6H,7-10H2. The summed E-state index contributed by atoms with van der Waals surface area (Å²) in [7, 11) is 0. The van der Waals surface area contributed by atoms with Gasteiger partial charge in [-0.25, -0.2) is 0 Å². The monoisotopic (exact) mass is 286 g/mol. The summed E-state index contributed by atoms with van der Waals surface area (Å²) in [5, 5.41) is 0. The summed E-state index contributed by atoms with van der Waals surface area (Å²) in [5.74, 6) is 1.58. The summed E-state index contributed by atoms with van der Waals surface area (Å²) in [4.78, 5) is 11.3. The van der Waals surface area contributed by atoms with Crippen molar-refractivity contribution in [3.8, 4) is 12.3 Å². The molecule has 0 aliphatic carbocycles. The van der Waals surface area contributed by atoms with Crippen molar-refractivity contribution < 1.29 is 27.4 Å². The van der Waals surface area contributed by atoms with Crippen LogP contribution in [-0.2, 0) is 27.1 Å². The van der Waals surface area contributed by atoms with E-state index in [1.807, 2.05) is 0 Å². The number of hydrogen-bond acceptors (Lipinski definition) is 3. The first-order chi connectivity index (χ1) is 9.45. The van der Waals surface area contributed by atoms with Crippen LogP contribution in [0.15, 0.2) is 24.3 Å². The van der Waals surface area contributed by atoms with Crippen LogP contribution in [0, 0.1) is 12.3 Å². The molecule has 1 rings (SSSR count). The summed E-state index contributed by atoms with van der Waals surface area (Å²) < 4.78 is 47.7. The molecule has 6 heteroatoms. The first kappa shape index (κ1) is 16.1. The van der Waals surface area contributed by atoms with Crippen LogP contribution in [0.1, 0.15) is 17.5 Å².